The van der Waals surface area contributed by atoms with Crippen LogP contribution in [0.15, 0.2) is 18.5 Å². The molecule has 76 valence electrons. The van der Waals surface area contributed by atoms with Crippen molar-refractivity contribution in [2.24, 2.45) is 11.7 Å². The molecule has 1 heterocycles. The zero-order valence-electron chi connectivity index (χ0n) is 8.28. The molecule has 0 saturated heterocycles. The van der Waals surface area contributed by atoms with Gasteiger partial charge in [-0.05, 0) is 18.4 Å². The molecular formula is C11H16N2O. The minimum atomic E-state index is 0.493. The van der Waals surface area contributed by atoms with Gasteiger partial charge in [-0.1, -0.05) is 12.8 Å². The highest BCUT2D eigenvalue weighted by Crippen LogP contribution is 2.32. The fourth-order valence-electron chi connectivity index (χ4n) is 1.45. The number of nitrogens with zero attached hydrogens (tertiary/aromatic N) is 1. The lowest BCUT2D eigenvalue weighted by atomic mass is 10.2. The van der Waals surface area contributed by atoms with Crippen LogP contribution >= 0.6 is 0 Å². The molecular weight excluding hydrogens is 176 g/mol. The van der Waals surface area contributed by atoms with Crippen LogP contribution in [-0.4, -0.2) is 11.6 Å². The number of pyridine rings is 1. The maximum Gasteiger partial charge on any atom is 0.126 e. The molecule has 3 nitrogen and oxygen atoms in total. The van der Waals surface area contributed by atoms with Gasteiger partial charge in [0, 0.05) is 24.5 Å². The van der Waals surface area contributed by atoms with Crippen LogP contribution in [0.4, 0.5) is 0 Å². The van der Waals surface area contributed by atoms with E-state index in [1.54, 1.807) is 12.4 Å². The van der Waals surface area contributed by atoms with Crippen molar-refractivity contribution in [2.45, 2.75) is 25.8 Å². The van der Waals surface area contributed by atoms with Gasteiger partial charge in [0.15, 0.2) is 0 Å². The van der Waals surface area contributed by atoms with E-state index in [0.717, 1.165) is 23.8 Å². The molecule has 0 amide bonds. The Balaban J connectivity index is 1.86. The highest BCUT2D eigenvalue weighted by Gasteiger charge is 2.20. The third-order valence-corrected chi connectivity index (χ3v) is 2.56. The molecule has 0 aromatic carbocycles. The number of ether oxygens (including phenoxy) is 1. The number of hydrogen-bond donors (Lipinski definition) is 1. The predicted molar refractivity (Wildman–Crippen MR) is 55.0 cm³/mol. The molecule has 0 atom stereocenters. The van der Waals surface area contributed by atoms with Gasteiger partial charge >= 0.3 is 0 Å². The minimum Gasteiger partial charge on any atom is -0.493 e. The van der Waals surface area contributed by atoms with Gasteiger partial charge in [-0.25, -0.2) is 0 Å². The molecule has 2 rings (SSSR count). The Morgan fingerprint density at radius 2 is 2.36 bits per heavy atom. The van der Waals surface area contributed by atoms with Crippen LogP contribution in [0.5, 0.6) is 5.75 Å². The Morgan fingerprint density at radius 3 is 3.07 bits per heavy atom. The lowest BCUT2D eigenvalue weighted by Crippen LogP contribution is -2.04. The molecule has 1 aromatic rings. The van der Waals surface area contributed by atoms with Crippen molar-refractivity contribution >= 4 is 0 Å². The van der Waals surface area contributed by atoms with Crippen LogP contribution in [0, 0.1) is 5.92 Å². The molecule has 1 fully saturated rings. The van der Waals surface area contributed by atoms with Gasteiger partial charge < -0.3 is 10.5 Å². The summed E-state index contributed by atoms with van der Waals surface area (Å²) in [6, 6.07) is 1.88. The zero-order chi connectivity index (χ0) is 9.80. The molecule has 1 aliphatic carbocycles. The molecule has 1 aliphatic rings. The quantitative estimate of drug-likeness (QED) is 0.772. The van der Waals surface area contributed by atoms with E-state index in [-0.39, 0.29) is 0 Å². The van der Waals surface area contributed by atoms with Gasteiger partial charge in [0.05, 0.1) is 6.61 Å². The van der Waals surface area contributed by atoms with Crippen molar-refractivity contribution in [2.75, 3.05) is 6.61 Å². The van der Waals surface area contributed by atoms with Crippen LogP contribution in [-0.2, 0) is 6.54 Å². The van der Waals surface area contributed by atoms with E-state index in [4.69, 9.17) is 10.5 Å². The third-order valence-electron chi connectivity index (χ3n) is 2.56. The van der Waals surface area contributed by atoms with Crippen molar-refractivity contribution in [1.29, 1.82) is 0 Å². The Kier molecular flexibility index (Phi) is 2.99. The second-order valence-electron chi connectivity index (χ2n) is 3.77. The Labute approximate surface area is 84.3 Å². The Bertz CT molecular complexity index is 297. The van der Waals surface area contributed by atoms with Gasteiger partial charge in [0.25, 0.3) is 0 Å². The summed E-state index contributed by atoms with van der Waals surface area (Å²) < 4.78 is 5.66. The monoisotopic (exact) mass is 192 g/mol. The molecule has 2 N–H and O–H groups in total. The highest BCUT2D eigenvalue weighted by molar-refractivity contribution is 5.29. The van der Waals surface area contributed by atoms with E-state index in [9.17, 15) is 0 Å². The summed E-state index contributed by atoms with van der Waals surface area (Å²) in [5.74, 6) is 1.81. The molecule has 0 radical (unpaired) electrons. The maximum atomic E-state index is 5.66. The van der Waals surface area contributed by atoms with Crippen molar-refractivity contribution in [1.82, 2.24) is 4.98 Å². The second kappa shape index (κ2) is 4.42. The average Bonchev–Trinajstić information content (AvgIpc) is 3.03. The van der Waals surface area contributed by atoms with Crippen LogP contribution in [0.25, 0.3) is 0 Å². The summed E-state index contributed by atoms with van der Waals surface area (Å²) in [6.45, 7) is 1.30. The highest BCUT2D eigenvalue weighted by atomic mass is 16.5. The maximum absolute atomic E-state index is 5.66. The molecule has 0 aliphatic heterocycles. The summed E-state index contributed by atoms with van der Waals surface area (Å²) in [4.78, 5) is 4.01. The molecule has 3 heteroatoms. The number of hydrogen-bond acceptors (Lipinski definition) is 3. The van der Waals surface area contributed by atoms with Crippen LogP contribution in [0.2, 0.25) is 0 Å². The first kappa shape index (κ1) is 9.46. The molecule has 1 saturated carbocycles. The predicted octanol–water partition coefficient (Wildman–Crippen LogP) is 1.72. The van der Waals surface area contributed by atoms with E-state index < -0.39 is 0 Å². The fraction of sp³-hybridized carbons (Fsp3) is 0.545. The molecule has 0 unspecified atom stereocenters. The van der Waals surface area contributed by atoms with Gasteiger partial charge in [0.2, 0.25) is 0 Å². The largest absolute Gasteiger partial charge is 0.493 e. The van der Waals surface area contributed by atoms with Gasteiger partial charge in [-0.15, -0.1) is 0 Å². The first-order valence-electron chi connectivity index (χ1n) is 5.16. The Hall–Kier alpha value is -1.09. The van der Waals surface area contributed by atoms with Crippen LogP contribution < -0.4 is 10.5 Å². The third kappa shape index (κ3) is 2.45. The SMILES string of the molecule is NCc1cnccc1OCCC1CC1. The summed E-state index contributed by atoms with van der Waals surface area (Å²) in [6.07, 6.45) is 7.44. The minimum absolute atomic E-state index is 0.493. The second-order valence-corrected chi connectivity index (χ2v) is 3.77. The number of nitrogens with two attached hydrogens (primary N) is 1. The van der Waals surface area contributed by atoms with E-state index in [0.29, 0.717) is 6.54 Å². The average molecular weight is 192 g/mol. The zero-order valence-corrected chi connectivity index (χ0v) is 8.28. The van der Waals surface area contributed by atoms with E-state index >= 15 is 0 Å². The van der Waals surface area contributed by atoms with Crippen molar-refractivity contribution < 1.29 is 4.74 Å². The molecule has 0 bridgehead atoms. The van der Waals surface area contributed by atoms with E-state index in [2.05, 4.69) is 4.98 Å². The Morgan fingerprint density at radius 1 is 1.50 bits per heavy atom. The molecule has 0 spiro atoms. The van der Waals surface area contributed by atoms with Gasteiger partial charge in [-0.3, -0.25) is 4.98 Å². The van der Waals surface area contributed by atoms with Gasteiger partial charge in [0.1, 0.15) is 5.75 Å². The number of aromatic nitrogens is 1. The van der Waals surface area contributed by atoms with Crippen molar-refractivity contribution in [3.63, 3.8) is 0 Å². The molecule has 14 heavy (non-hydrogen) atoms. The topological polar surface area (TPSA) is 48.1 Å². The van der Waals surface area contributed by atoms with Crippen LogP contribution in [0.3, 0.4) is 0 Å². The number of rotatable bonds is 5. The first-order valence-corrected chi connectivity index (χ1v) is 5.16. The summed E-state index contributed by atoms with van der Waals surface area (Å²) >= 11 is 0. The standard InChI is InChI=1S/C11H16N2O/c12-7-10-8-13-5-3-11(10)14-6-4-9-1-2-9/h3,5,8-9H,1-2,4,6-7,12H2. The first-order chi connectivity index (χ1) is 6.90. The fourth-order valence-corrected chi connectivity index (χ4v) is 1.45. The smallest absolute Gasteiger partial charge is 0.126 e. The molecule has 1 aromatic heterocycles. The van der Waals surface area contributed by atoms with E-state index in [1.165, 1.54) is 19.3 Å². The summed E-state index contributed by atoms with van der Waals surface area (Å²) in [7, 11) is 0. The lowest BCUT2D eigenvalue weighted by Gasteiger charge is -2.08. The van der Waals surface area contributed by atoms with Gasteiger partial charge in [-0.2, -0.15) is 0 Å². The van der Waals surface area contributed by atoms with Crippen LogP contribution in [0.1, 0.15) is 24.8 Å². The lowest BCUT2D eigenvalue weighted by molar-refractivity contribution is 0.299. The van der Waals surface area contributed by atoms with Crippen molar-refractivity contribution in [3.8, 4) is 5.75 Å². The van der Waals surface area contributed by atoms with Crippen molar-refractivity contribution in [3.05, 3.63) is 24.0 Å². The summed E-state index contributed by atoms with van der Waals surface area (Å²) in [5, 5.41) is 0. The van der Waals surface area contributed by atoms with E-state index in [1.807, 2.05) is 6.07 Å². The normalized spacial score (nSPS) is 15.5. The summed E-state index contributed by atoms with van der Waals surface area (Å²) in [5.41, 5.74) is 6.56.